The minimum atomic E-state index is -0.129. The van der Waals surface area contributed by atoms with Crippen molar-refractivity contribution in [3.63, 3.8) is 0 Å². The number of rotatable bonds is 0. The molecule has 0 bridgehead atoms. The number of hydrogen-bond donors (Lipinski definition) is 2. The summed E-state index contributed by atoms with van der Waals surface area (Å²) in [4.78, 5) is 0. The Morgan fingerprint density at radius 1 is 1.33 bits per heavy atom. The monoisotopic (exact) mass is 206 g/mol. The van der Waals surface area contributed by atoms with Crippen LogP contribution in [0.25, 0.3) is 0 Å². The fraction of sp³-hybridized carbons (Fsp3) is 0.500. The molecule has 0 radical (unpaired) electrons. The Kier molecular flexibility index (Phi) is 1.96. The lowest BCUT2D eigenvalue weighted by molar-refractivity contribution is 0.376. The zero-order chi connectivity index (χ0) is 10.4. The van der Waals surface area contributed by atoms with Gasteiger partial charge in [0.1, 0.15) is 5.82 Å². The zero-order valence-corrected chi connectivity index (χ0v) is 8.54. The molecule has 1 heterocycles. The van der Waals surface area contributed by atoms with Gasteiger partial charge in [-0.1, -0.05) is 12.1 Å². The van der Waals surface area contributed by atoms with Gasteiger partial charge in [-0.25, -0.2) is 4.39 Å². The Labute approximate surface area is 88.7 Å². The standard InChI is InChI=1S/C12H15FN2/c13-10-3-1-2-8-9-6-7(14)4-5-11(9)15-12(8)10/h1-3,7,9,11,15H,4-6,14H2. The lowest BCUT2D eigenvalue weighted by atomic mass is 9.80. The Balaban J connectivity index is 2.01. The molecule has 3 unspecified atom stereocenters. The molecule has 1 saturated carbocycles. The number of anilines is 1. The van der Waals surface area contributed by atoms with Crippen molar-refractivity contribution in [2.45, 2.75) is 37.3 Å². The molecule has 1 aromatic carbocycles. The van der Waals surface area contributed by atoms with E-state index in [9.17, 15) is 4.39 Å². The van der Waals surface area contributed by atoms with E-state index in [0.29, 0.717) is 17.6 Å². The molecular formula is C12H15FN2. The number of hydrogen-bond acceptors (Lipinski definition) is 2. The van der Waals surface area contributed by atoms with Crippen molar-refractivity contribution in [3.8, 4) is 0 Å². The number of halogens is 1. The molecule has 0 amide bonds. The van der Waals surface area contributed by atoms with Crippen molar-refractivity contribution in [2.75, 3.05) is 5.32 Å². The predicted molar refractivity (Wildman–Crippen MR) is 58.4 cm³/mol. The summed E-state index contributed by atoms with van der Waals surface area (Å²) in [5.74, 6) is 0.287. The van der Waals surface area contributed by atoms with Gasteiger partial charge in [0.2, 0.25) is 0 Å². The van der Waals surface area contributed by atoms with Crippen LogP contribution in [0.5, 0.6) is 0 Å². The Morgan fingerprint density at radius 2 is 2.20 bits per heavy atom. The van der Waals surface area contributed by atoms with Gasteiger partial charge >= 0.3 is 0 Å². The maximum Gasteiger partial charge on any atom is 0.146 e. The van der Waals surface area contributed by atoms with Crippen LogP contribution in [-0.4, -0.2) is 12.1 Å². The number of nitrogens with two attached hydrogens (primary N) is 1. The average molecular weight is 206 g/mol. The van der Waals surface area contributed by atoms with Crippen molar-refractivity contribution in [1.29, 1.82) is 0 Å². The van der Waals surface area contributed by atoms with Gasteiger partial charge in [-0.2, -0.15) is 0 Å². The normalized spacial score (nSPS) is 33.1. The first-order valence-corrected chi connectivity index (χ1v) is 5.56. The third-order valence-electron chi connectivity index (χ3n) is 3.67. The maximum absolute atomic E-state index is 13.5. The van der Waals surface area contributed by atoms with Gasteiger partial charge in [0.05, 0.1) is 5.69 Å². The fourth-order valence-electron chi connectivity index (χ4n) is 2.91. The SMILES string of the molecule is NC1CCC2Nc3c(F)cccc3C2C1. The molecule has 1 aliphatic heterocycles. The van der Waals surface area contributed by atoms with Crippen LogP contribution in [0.1, 0.15) is 30.7 Å². The number of nitrogens with one attached hydrogen (secondary N) is 1. The number of para-hydroxylation sites is 1. The van der Waals surface area contributed by atoms with Gasteiger partial charge in [0.15, 0.2) is 0 Å². The Morgan fingerprint density at radius 3 is 3.07 bits per heavy atom. The lowest BCUT2D eigenvalue weighted by Gasteiger charge is -2.29. The molecule has 1 fully saturated rings. The summed E-state index contributed by atoms with van der Waals surface area (Å²) in [6.45, 7) is 0. The molecule has 1 aliphatic carbocycles. The molecule has 3 N–H and O–H groups in total. The molecule has 15 heavy (non-hydrogen) atoms. The van der Waals surface area contributed by atoms with Gasteiger partial charge in [0, 0.05) is 18.0 Å². The first-order chi connectivity index (χ1) is 7.25. The third kappa shape index (κ3) is 1.34. The topological polar surface area (TPSA) is 38.0 Å². The van der Waals surface area contributed by atoms with E-state index >= 15 is 0 Å². The fourth-order valence-corrected chi connectivity index (χ4v) is 2.91. The van der Waals surface area contributed by atoms with Crippen LogP contribution in [0.3, 0.4) is 0 Å². The molecule has 2 nitrogen and oxygen atoms in total. The van der Waals surface area contributed by atoms with Crippen LogP contribution in [0.15, 0.2) is 18.2 Å². The molecule has 0 aromatic heterocycles. The quantitative estimate of drug-likeness (QED) is 0.683. The van der Waals surface area contributed by atoms with Gasteiger partial charge < -0.3 is 11.1 Å². The van der Waals surface area contributed by atoms with E-state index in [2.05, 4.69) is 5.32 Å². The van der Waals surface area contributed by atoms with Crippen LogP contribution in [0, 0.1) is 5.82 Å². The van der Waals surface area contributed by atoms with Crippen LogP contribution < -0.4 is 11.1 Å². The molecular weight excluding hydrogens is 191 g/mol. The summed E-state index contributed by atoms with van der Waals surface area (Å²) in [6.07, 6.45) is 3.08. The average Bonchev–Trinajstić information content (AvgIpc) is 2.58. The molecule has 0 spiro atoms. The smallest absolute Gasteiger partial charge is 0.146 e. The van der Waals surface area contributed by atoms with E-state index in [4.69, 9.17) is 5.73 Å². The van der Waals surface area contributed by atoms with Crippen molar-refractivity contribution in [3.05, 3.63) is 29.6 Å². The minimum Gasteiger partial charge on any atom is -0.379 e. The van der Waals surface area contributed by atoms with Crippen LogP contribution in [0.2, 0.25) is 0 Å². The summed E-state index contributed by atoms with van der Waals surface area (Å²) < 4.78 is 13.5. The Bertz CT molecular complexity index is 391. The zero-order valence-electron chi connectivity index (χ0n) is 8.54. The molecule has 3 rings (SSSR count). The molecule has 2 aliphatic rings. The van der Waals surface area contributed by atoms with E-state index in [1.165, 1.54) is 6.07 Å². The first kappa shape index (κ1) is 9.16. The highest BCUT2D eigenvalue weighted by Crippen LogP contribution is 2.44. The second-order valence-corrected chi connectivity index (χ2v) is 4.63. The van der Waals surface area contributed by atoms with E-state index in [0.717, 1.165) is 24.8 Å². The van der Waals surface area contributed by atoms with E-state index in [1.54, 1.807) is 6.07 Å². The van der Waals surface area contributed by atoms with Crippen LogP contribution in [0.4, 0.5) is 10.1 Å². The van der Waals surface area contributed by atoms with Gasteiger partial charge in [-0.3, -0.25) is 0 Å². The van der Waals surface area contributed by atoms with E-state index in [-0.39, 0.29) is 11.9 Å². The summed E-state index contributed by atoms with van der Waals surface area (Å²) in [5.41, 5.74) is 7.79. The molecule has 3 heteroatoms. The van der Waals surface area contributed by atoms with E-state index < -0.39 is 0 Å². The second-order valence-electron chi connectivity index (χ2n) is 4.63. The number of benzene rings is 1. The van der Waals surface area contributed by atoms with Crippen molar-refractivity contribution < 1.29 is 4.39 Å². The largest absolute Gasteiger partial charge is 0.379 e. The molecule has 1 aromatic rings. The highest BCUT2D eigenvalue weighted by molar-refractivity contribution is 5.60. The van der Waals surface area contributed by atoms with Crippen molar-refractivity contribution in [1.82, 2.24) is 0 Å². The maximum atomic E-state index is 13.5. The van der Waals surface area contributed by atoms with E-state index in [1.807, 2.05) is 6.07 Å². The van der Waals surface area contributed by atoms with Gasteiger partial charge in [-0.05, 0) is 30.9 Å². The first-order valence-electron chi connectivity index (χ1n) is 5.56. The molecule has 3 atom stereocenters. The van der Waals surface area contributed by atoms with Crippen LogP contribution >= 0.6 is 0 Å². The highest BCUT2D eigenvalue weighted by Gasteiger charge is 2.37. The predicted octanol–water partition coefficient (Wildman–Crippen LogP) is 2.21. The lowest BCUT2D eigenvalue weighted by Crippen LogP contribution is -2.35. The second kappa shape index (κ2) is 3.20. The summed E-state index contributed by atoms with van der Waals surface area (Å²) >= 11 is 0. The Hall–Kier alpha value is -1.09. The summed E-state index contributed by atoms with van der Waals surface area (Å²) in [5, 5.41) is 3.29. The third-order valence-corrected chi connectivity index (χ3v) is 3.67. The molecule has 80 valence electrons. The summed E-state index contributed by atoms with van der Waals surface area (Å²) in [7, 11) is 0. The number of fused-ring (bicyclic) bond motifs is 3. The summed E-state index contributed by atoms with van der Waals surface area (Å²) in [6, 6.07) is 6.01. The van der Waals surface area contributed by atoms with Gasteiger partial charge in [-0.15, -0.1) is 0 Å². The molecule has 0 saturated heterocycles. The van der Waals surface area contributed by atoms with Crippen molar-refractivity contribution in [2.24, 2.45) is 5.73 Å². The minimum absolute atomic E-state index is 0.129. The van der Waals surface area contributed by atoms with Crippen molar-refractivity contribution >= 4 is 5.69 Å². The highest BCUT2D eigenvalue weighted by atomic mass is 19.1. The van der Waals surface area contributed by atoms with Gasteiger partial charge in [0.25, 0.3) is 0 Å². The van der Waals surface area contributed by atoms with Crippen LogP contribution in [-0.2, 0) is 0 Å².